The summed E-state index contributed by atoms with van der Waals surface area (Å²) in [5.41, 5.74) is 0. The molecule has 1 saturated heterocycles. The summed E-state index contributed by atoms with van der Waals surface area (Å²) in [5.74, 6) is 1.95. The molecule has 130 valence electrons. The van der Waals surface area contributed by atoms with Gasteiger partial charge in [0.2, 0.25) is 0 Å². The number of thioether (sulfide) groups is 1. The summed E-state index contributed by atoms with van der Waals surface area (Å²) in [6.45, 7) is 5.50. The number of aliphatic imine (C=N–C) groups is 1. The summed E-state index contributed by atoms with van der Waals surface area (Å²) < 4.78 is 0. The number of rotatable bonds is 7. The second-order valence-electron chi connectivity index (χ2n) is 5.49. The van der Waals surface area contributed by atoms with E-state index in [0.29, 0.717) is 0 Å². The Hall–Kier alpha value is -0.470. The van der Waals surface area contributed by atoms with Crippen molar-refractivity contribution in [1.29, 1.82) is 0 Å². The summed E-state index contributed by atoms with van der Waals surface area (Å²) in [4.78, 5) is 8.14. The van der Waals surface area contributed by atoms with Gasteiger partial charge in [-0.3, -0.25) is 4.99 Å². The van der Waals surface area contributed by atoms with Gasteiger partial charge in [-0.25, -0.2) is 0 Å². The Bertz CT molecular complexity index is 435. The first-order valence-corrected chi connectivity index (χ1v) is 9.22. The predicted molar refractivity (Wildman–Crippen MR) is 112 cm³/mol. The van der Waals surface area contributed by atoms with Gasteiger partial charge in [0.25, 0.3) is 0 Å². The van der Waals surface area contributed by atoms with E-state index in [0.717, 1.165) is 31.3 Å². The van der Waals surface area contributed by atoms with Gasteiger partial charge in [0.05, 0.1) is 0 Å². The minimum Gasteiger partial charge on any atom is -0.356 e. The fourth-order valence-corrected chi connectivity index (χ4v) is 3.38. The van der Waals surface area contributed by atoms with Gasteiger partial charge in [-0.1, -0.05) is 24.6 Å². The first-order valence-electron chi connectivity index (χ1n) is 8.23. The molecule has 0 aliphatic carbocycles. The number of hydrogen-bond acceptors (Lipinski definition) is 3. The molecule has 0 amide bonds. The van der Waals surface area contributed by atoms with Crippen LogP contribution >= 0.6 is 35.7 Å². The Labute approximate surface area is 161 Å². The minimum atomic E-state index is 0. The van der Waals surface area contributed by atoms with E-state index >= 15 is 0 Å². The van der Waals surface area contributed by atoms with Gasteiger partial charge in [0.15, 0.2) is 5.96 Å². The highest BCUT2D eigenvalue weighted by molar-refractivity contribution is 14.0. The quantitative estimate of drug-likeness (QED) is 0.221. The molecule has 1 aliphatic rings. The smallest absolute Gasteiger partial charge is 0.191 e. The Balaban J connectivity index is 0.00000264. The molecule has 1 aliphatic heterocycles. The van der Waals surface area contributed by atoms with Crippen molar-refractivity contribution in [3.63, 3.8) is 0 Å². The van der Waals surface area contributed by atoms with Crippen molar-refractivity contribution in [2.75, 3.05) is 45.5 Å². The average molecular weight is 448 g/mol. The SMILES string of the molecule is CN=C(NCCSc1ccccc1)NCCN1CCCCC1.I. The Morgan fingerprint density at radius 1 is 1.09 bits per heavy atom. The van der Waals surface area contributed by atoms with E-state index in [9.17, 15) is 0 Å². The van der Waals surface area contributed by atoms with E-state index in [4.69, 9.17) is 0 Å². The van der Waals surface area contributed by atoms with E-state index in [1.807, 2.05) is 18.8 Å². The maximum absolute atomic E-state index is 4.28. The van der Waals surface area contributed by atoms with Crippen molar-refractivity contribution >= 4 is 41.7 Å². The summed E-state index contributed by atoms with van der Waals surface area (Å²) in [5, 5.41) is 6.78. The normalized spacial score (nSPS) is 15.8. The monoisotopic (exact) mass is 448 g/mol. The van der Waals surface area contributed by atoms with Crippen molar-refractivity contribution < 1.29 is 0 Å². The van der Waals surface area contributed by atoms with Crippen LogP contribution in [-0.2, 0) is 0 Å². The minimum absolute atomic E-state index is 0. The highest BCUT2D eigenvalue weighted by Gasteiger charge is 2.09. The Morgan fingerprint density at radius 3 is 2.48 bits per heavy atom. The number of likely N-dealkylation sites (tertiary alicyclic amines) is 1. The summed E-state index contributed by atoms with van der Waals surface area (Å²) in [6.07, 6.45) is 4.10. The third-order valence-corrected chi connectivity index (χ3v) is 4.81. The molecule has 0 aromatic heterocycles. The van der Waals surface area contributed by atoms with Crippen molar-refractivity contribution in [2.45, 2.75) is 24.2 Å². The van der Waals surface area contributed by atoms with Crippen LogP contribution in [0.4, 0.5) is 0 Å². The van der Waals surface area contributed by atoms with E-state index in [2.05, 4.69) is 50.9 Å². The number of guanidine groups is 1. The van der Waals surface area contributed by atoms with Crippen LogP contribution in [0.2, 0.25) is 0 Å². The van der Waals surface area contributed by atoms with Crippen LogP contribution in [0.1, 0.15) is 19.3 Å². The maximum Gasteiger partial charge on any atom is 0.191 e. The largest absolute Gasteiger partial charge is 0.356 e. The molecule has 1 aromatic carbocycles. The molecule has 1 fully saturated rings. The topological polar surface area (TPSA) is 39.7 Å². The van der Waals surface area contributed by atoms with Gasteiger partial charge < -0.3 is 15.5 Å². The van der Waals surface area contributed by atoms with Crippen molar-refractivity contribution in [3.8, 4) is 0 Å². The number of nitrogens with zero attached hydrogens (tertiary/aromatic N) is 2. The molecule has 4 nitrogen and oxygen atoms in total. The zero-order chi connectivity index (χ0) is 15.5. The van der Waals surface area contributed by atoms with Crippen LogP contribution < -0.4 is 10.6 Å². The van der Waals surface area contributed by atoms with E-state index < -0.39 is 0 Å². The summed E-state index contributed by atoms with van der Waals surface area (Å²) >= 11 is 1.87. The molecule has 1 heterocycles. The van der Waals surface area contributed by atoms with Gasteiger partial charge in [-0.15, -0.1) is 35.7 Å². The van der Waals surface area contributed by atoms with Crippen molar-refractivity contribution in [3.05, 3.63) is 30.3 Å². The summed E-state index contributed by atoms with van der Waals surface area (Å²) in [7, 11) is 1.83. The lowest BCUT2D eigenvalue weighted by atomic mass is 10.1. The van der Waals surface area contributed by atoms with E-state index in [1.165, 1.54) is 37.2 Å². The van der Waals surface area contributed by atoms with Crippen LogP contribution in [-0.4, -0.2) is 56.4 Å². The molecule has 0 radical (unpaired) electrons. The maximum atomic E-state index is 4.28. The number of hydrogen-bond donors (Lipinski definition) is 2. The van der Waals surface area contributed by atoms with Gasteiger partial charge in [-0.2, -0.15) is 0 Å². The fourth-order valence-electron chi connectivity index (χ4n) is 2.59. The van der Waals surface area contributed by atoms with Gasteiger partial charge in [0.1, 0.15) is 0 Å². The molecule has 1 aromatic rings. The van der Waals surface area contributed by atoms with Gasteiger partial charge >= 0.3 is 0 Å². The van der Waals surface area contributed by atoms with Gasteiger partial charge in [0, 0.05) is 37.3 Å². The molecule has 0 unspecified atom stereocenters. The third kappa shape index (κ3) is 8.81. The third-order valence-electron chi connectivity index (χ3n) is 3.80. The molecular formula is C17H29IN4S. The van der Waals surface area contributed by atoms with Crippen LogP contribution in [0.5, 0.6) is 0 Å². The molecule has 0 spiro atoms. The fraction of sp³-hybridized carbons (Fsp3) is 0.588. The molecule has 2 rings (SSSR count). The molecule has 0 atom stereocenters. The summed E-state index contributed by atoms with van der Waals surface area (Å²) in [6, 6.07) is 10.5. The molecule has 2 N–H and O–H groups in total. The number of halogens is 1. The number of benzene rings is 1. The lowest BCUT2D eigenvalue weighted by Gasteiger charge is -2.26. The van der Waals surface area contributed by atoms with Crippen LogP contribution in [0.3, 0.4) is 0 Å². The average Bonchev–Trinajstić information content (AvgIpc) is 2.59. The Morgan fingerprint density at radius 2 is 1.78 bits per heavy atom. The predicted octanol–water partition coefficient (Wildman–Crippen LogP) is 3.05. The molecule has 0 bridgehead atoms. The second-order valence-corrected chi connectivity index (χ2v) is 6.66. The molecular weight excluding hydrogens is 419 g/mol. The number of nitrogens with one attached hydrogen (secondary N) is 2. The first-order chi connectivity index (χ1) is 10.9. The highest BCUT2D eigenvalue weighted by Crippen LogP contribution is 2.15. The zero-order valence-corrected chi connectivity index (χ0v) is 17.1. The zero-order valence-electron chi connectivity index (χ0n) is 14.0. The second kappa shape index (κ2) is 12.9. The number of piperidine rings is 1. The van der Waals surface area contributed by atoms with Gasteiger partial charge in [-0.05, 0) is 38.1 Å². The standard InChI is InChI=1S/C17H28N4S.HI/c1-18-17(19-10-14-21-12-6-3-7-13-21)20-11-15-22-16-8-4-2-5-9-16;/h2,4-5,8-9H,3,6-7,10-15H2,1H3,(H2,18,19,20);1H. The van der Waals surface area contributed by atoms with Crippen molar-refractivity contribution in [2.24, 2.45) is 4.99 Å². The Kier molecular flexibility index (Phi) is 11.5. The molecule has 23 heavy (non-hydrogen) atoms. The van der Waals surface area contributed by atoms with E-state index in [-0.39, 0.29) is 24.0 Å². The first kappa shape index (κ1) is 20.6. The van der Waals surface area contributed by atoms with Crippen LogP contribution in [0.25, 0.3) is 0 Å². The lowest BCUT2D eigenvalue weighted by molar-refractivity contribution is 0.232. The lowest BCUT2D eigenvalue weighted by Crippen LogP contribution is -2.43. The van der Waals surface area contributed by atoms with Crippen LogP contribution in [0, 0.1) is 0 Å². The molecule has 6 heteroatoms. The van der Waals surface area contributed by atoms with Crippen LogP contribution in [0.15, 0.2) is 40.2 Å². The van der Waals surface area contributed by atoms with Crippen molar-refractivity contribution in [1.82, 2.24) is 15.5 Å². The molecule has 0 saturated carbocycles. The van der Waals surface area contributed by atoms with E-state index in [1.54, 1.807) is 0 Å². The highest BCUT2D eigenvalue weighted by atomic mass is 127.